The van der Waals surface area contributed by atoms with Crippen molar-refractivity contribution in [1.82, 2.24) is 0 Å². The molecule has 258 valence electrons. The predicted octanol–water partition coefficient (Wildman–Crippen LogP) is 11.1. The molecule has 0 N–H and O–H groups in total. The first-order valence-corrected chi connectivity index (χ1v) is 18.8. The van der Waals surface area contributed by atoms with Crippen LogP contribution in [0.4, 0.5) is 28.4 Å². The Morgan fingerprint density at radius 3 is 1.50 bits per heavy atom. The molecule has 0 radical (unpaired) electrons. The summed E-state index contributed by atoms with van der Waals surface area (Å²) in [7, 11) is 0. The molecule has 50 heavy (non-hydrogen) atoms. The molecule has 1 aliphatic carbocycles. The van der Waals surface area contributed by atoms with Crippen LogP contribution in [0.2, 0.25) is 0 Å². The molecule has 2 aliphatic heterocycles. The van der Waals surface area contributed by atoms with Crippen molar-refractivity contribution in [3.63, 3.8) is 0 Å². The van der Waals surface area contributed by atoms with Crippen molar-refractivity contribution in [3.8, 4) is 0 Å². The summed E-state index contributed by atoms with van der Waals surface area (Å²) in [5.74, 6) is 0.521. The van der Waals surface area contributed by atoms with Crippen LogP contribution in [0.5, 0.6) is 0 Å². The van der Waals surface area contributed by atoms with E-state index in [0.29, 0.717) is 5.92 Å². The number of hydrogen-bond acceptors (Lipinski definition) is 2. The van der Waals surface area contributed by atoms with Crippen molar-refractivity contribution in [3.05, 3.63) is 119 Å². The monoisotopic (exact) mass is 660 g/mol. The number of rotatable bonds is 2. The number of benzene rings is 4. The quantitative estimate of drug-likeness (QED) is 0.174. The van der Waals surface area contributed by atoms with Crippen LogP contribution in [0.3, 0.4) is 0 Å². The molecule has 0 saturated carbocycles. The van der Waals surface area contributed by atoms with E-state index in [9.17, 15) is 0 Å². The van der Waals surface area contributed by atoms with Gasteiger partial charge in [-0.15, -0.1) is 0 Å². The number of hydrogen-bond donors (Lipinski definition) is 0. The zero-order valence-corrected chi connectivity index (χ0v) is 32.9. The van der Waals surface area contributed by atoms with E-state index in [4.69, 9.17) is 0 Å². The van der Waals surface area contributed by atoms with Crippen LogP contribution in [0.1, 0.15) is 112 Å². The Labute approximate surface area is 303 Å². The van der Waals surface area contributed by atoms with Gasteiger partial charge in [-0.3, -0.25) is 0 Å². The maximum absolute atomic E-state index is 2.58. The van der Waals surface area contributed by atoms with Crippen molar-refractivity contribution in [2.45, 2.75) is 113 Å². The number of fused-ring (bicyclic) bond motifs is 4. The van der Waals surface area contributed by atoms with Gasteiger partial charge in [-0.25, -0.2) is 0 Å². The SMILES string of the molecule is Cc1cc2c3c(c1)N(c1ccc(C(C)(C)C)cc1)c1ccc(C(C)(C)C)cc1B3c1cc(C(C)(C)C)ccc1N2C1=CCC(C(C)(C)C)C=C1. The zero-order chi connectivity index (χ0) is 36.1. The van der Waals surface area contributed by atoms with Crippen molar-refractivity contribution in [2.75, 3.05) is 9.80 Å². The maximum atomic E-state index is 2.58. The van der Waals surface area contributed by atoms with E-state index in [2.05, 4.69) is 191 Å². The van der Waals surface area contributed by atoms with Gasteiger partial charge in [-0.05, 0) is 122 Å². The lowest BCUT2D eigenvalue weighted by molar-refractivity contribution is 0.293. The van der Waals surface area contributed by atoms with Crippen molar-refractivity contribution in [2.24, 2.45) is 11.3 Å². The third kappa shape index (κ3) is 5.85. The molecule has 2 heterocycles. The summed E-state index contributed by atoms with van der Waals surface area (Å²) in [6.07, 6.45) is 8.39. The fraction of sp³-hybridized carbons (Fsp3) is 0.404. The Balaban J connectivity index is 1.54. The third-order valence-corrected chi connectivity index (χ3v) is 11.4. The standard InChI is InChI=1S/C47H57BN2/c1-30-26-41-43-42(27-30)50(36-22-16-32(17-23-36)45(5,6)7)40-25-19-34(47(11,12)13)29-38(40)48(43)37-28-33(46(8,9)10)18-24-39(37)49(41)35-20-14-31(15-21-35)44(2,3)4/h14-16,18-29,32H,17H2,1-13H3. The van der Waals surface area contributed by atoms with Crippen molar-refractivity contribution in [1.29, 1.82) is 0 Å². The Bertz CT molecular complexity index is 2030. The summed E-state index contributed by atoms with van der Waals surface area (Å²) in [6, 6.07) is 28.8. The summed E-state index contributed by atoms with van der Waals surface area (Å²) < 4.78 is 0. The normalized spacial score (nSPS) is 17.3. The largest absolute Gasteiger partial charge is 0.312 e. The van der Waals surface area contributed by atoms with Gasteiger partial charge in [-0.1, -0.05) is 132 Å². The predicted molar refractivity (Wildman–Crippen MR) is 220 cm³/mol. The molecule has 1 atom stereocenters. The van der Waals surface area contributed by atoms with Crippen LogP contribution in [0, 0.1) is 18.3 Å². The zero-order valence-electron chi connectivity index (χ0n) is 32.9. The Hall–Kier alpha value is -3.98. The summed E-state index contributed by atoms with van der Waals surface area (Å²) in [5.41, 5.74) is 17.6. The number of allylic oxidation sites excluding steroid dienone is 3. The minimum atomic E-state index is 0.0304. The van der Waals surface area contributed by atoms with Gasteiger partial charge in [0.15, 0.2) is 0 Å². The molecule has 3 aliphatic rings. The van der Waals surface area contributed by atoms with Crippen LogP contribution in [0.25, 0.3) is 0 Å². The molecular weight excluding hydrogens is 603 g/mol. The van der Waals surface area contributed by atoms with Gasteiger partial charge in [0.05, 0.1) is 0 Å². The number of nitrogens with zero attached hydrogens (tertiary/aromatic N) is 2. The highest BCUT2D eigenvalue weighted by atomic mass is 15.2. The summed E-state index contributed by atoms with van der Waals surface area (Å²) >= 11 is 0. The van der Waals surface area contributed by atoms with Crippen molar-refractivity contribution >= 4 is 51.5 Å². The maximum Gasteiger partial charge on any atom is 0.252 e. The summed E-state index contributed by atoms with van der Waals surface area (Å²) in [4.78, 5) is 5.13. The van der Waals surface area contributed by atoms with Gasteiger partial charge < -0.3 is 9.80 Å². The molecule has 4 aromatic rings. The van der Waals surface area contributed by atoms with Gasteiger partial charge in [0.1, 0.15) is 0 Å². The molecule has 0 bridgehead atoms. The Morgan fingerprint density at radius 1 is 0.560 bits per heavy atom. The fourth-order valence-electron chi connectivity index (χ4n) is 8.16. The molecule has 4 aromatic carbocycles. The Kier molecular flexibility index (Phi) is 7.94. The van der Waals surface area contributed by atoms with Crippen LogP contribution < -0.4 is 26.2 Å². The first-order valence-electron chi connectivity index (χ1n) is 18.8. The first kappa shape index (κ1) is 34.5. The lowest BCUT2D eigenvalue weighted by Crippen LogP contribution is -2.62. The van der Waals surface area contributed by atoms with E-state index in [-0.39, 0.29) is 28.4 Å². The van der Waals surface area contributed by atoms with Crippen molar-refractivity contribution < 1.29 is 0 Å². The molecule has 7 rings (SSSR count). The average molecular weight is 661 g/mol. The van der Waals surface area contributed by atoms with E-state index in [1.54, 1.807) is 0 Å². The van der Waals surface area contributed by atoms with Crippen LogP contribution >= 0.6 is 0 Å². The molecule has 0 fully saturated rings. The second-order valence-electron chi connectivity index (χ2n) is 19.4. The number of aryl methyl sites for hydroxylation is 1. The average Bonchev–Trinajstić information content (AvgIpc) is 3.02. The molecule has 0 spiro atoms. The highest BCUT2D eigenvalue weighted by Crippen LogP contribution is 2.45. The highest BCUT2D eigenvalue weighted by Gasteiger charge is 2.44. The minimum absolute atomic E-state index is 0.0304. The van der Waals surface area contributed by atoms with Crippen LogP contribution in [-0.2, 0) is 16.2 Å². The van der Waals surface area contributed by atoms with Gasteiger partial charge >= 0.3 is 0 Å². The van der Waals surface area contributed by atoms with Crippen LogP contribution in [0.15, 0.2) is 96.7 Å². The smallest absolute Gasteiger partial charge is 0.252 e. The molecule has 0 aromatic heterocycles. The topological polar surface area (TPSA) is 6.48 Å². The van der Waals surface area contributed by atoms with Gasteiger partial charge in [0, 0.05) is 34.1 Å². The van der Waals surface area contributed by atoms with Gasteiger partial charge in [-0.2, -0.15) is 0 Å². The molecule has 1 unspecified atom stereocenters. The Morgan fingerprint density at radius 2 is 1.04 bits per heavy atom. The second-order valence-corrected chi connectivity index (χ2v) is 19.4. The summed E-state index contributed by atoms with van der Waals surface area (Å²) in [5, 5.41) is 0. The number of anilines is 5. The van der Waals surface area contributed by atoms with E-state index in [0.717, 1.165) is 6.42 Å². The molecule has 2 nitrogen and oxygen atoms in total. The van der Waals surface area contributed by atoms with E-state index in [1.807, 2.05) is 0 Å². The van der Waals surface area contributed by atoms with E-state index >= 15 is 0 Å². The molecule has 3 heteroatoms. The van der Waals surface area contributed by atoms with E-state index in [1.165, 1.54) is 72.8 Å². The highest BCUT2D eigenvalue weighted by molar-refractivity contribution is 7.00. The van der Waals surface area contributed by atoms with Gasteiger partial charge in [0.25, 0.3) is 6.71 Å². The molecule has 0 amide bonds. The molecular formula is C47H57BN2. The summed E-state index contributed by atoms with van der Waals surface area (Å²) in [6.45, 7) is 30.4. The third-order valence-electron chi connectivity index (χ3n) is 11.4. The second kappa shape index (κ2) is 11.5. The van der Waals surface area contributed by atoms with Gasteiger partial charge in [0.2, 0.25) is 0 Å². The minimum Gasteiger partial charge on any atom is -0.312 e. The lowest BCUT2D eigenvalue weighted by Gasteiger charge is -2.45. The molecule has 0 saturated heterocycles. The fourth-order valence-corrected chi connectivity index (χ4v) is 8.16. The van der Waals surface area contributed by atoms with E-state index < -0.39 is 0 Å². The first-order chi connectivity index (χ1) is 23.2. The van der Waals surface area contributed by atoms with Crippen LogP contribution in [-0.4, -0.2) is 6.71 Å². The lowest BCUT2D eigenvalue weighted by atomic mass is 9.33.